The van der Waals surface area contributed by atoms with Crippen molar-refractivity contribution >= 4 is 16.8 Å². The Kier molecular flexibility index (Phi) is 4.10. The van der Waals surface area contributed by atoms with Gasteiger partial charge in [-0.25, -0.2) is 4.98 Å². The normalized spacial score (nSPS) is 10.6. The number of pyridine rings is 2. The Morgan fingerprint density at radius 3 is 2.82 bits per heavy atom. The molecule has 0 fully saturated rings. The van der Waals surface area contributed by atoms with Gasteiger partial charge in [-0.3, -0.25) is 9.78 Å². The van der Waals surface area contributed by atoms with E-state index in [-0.39, 0.29) is 5.91 Å². The van der Waals surface area contributed by atoms with Crippen molar-refractivity contribution in [2.24, 2.45) is 0 Å². The molecule has 22 heavy (non-hydrogen) atoms. The fourth-order valence-corrected chi connectivity index (χ4v) is 2.36. The standard InChI is InChI=1S/C18H17N3O/c1-2-9-20-18(22)15-11-17(13-6-5-10-19-12-13)21-16-8-4-3-7-14(15)16/h3-8,10-12H,2,9H2,1H3,(H,20,22). The SMILES string of the molecule is CCCNC(=O)c1cc(-c2cccnc2)nc2ccccc12. The molecule has 2 heterocycles. The average Bonchev–Trinajstić information content (AvgIpc) is 2.59. The van der Waals surface area contributed by atoms with Gasteiger partial charge in [-0.15, -0.1) is 0 Å². The highest BCUT2D eigenvalue weighted by molar-refractivity contribution is 6.07. The molecule has 0 radical (unpaired) electrons. The molecule has 1 N–H and O–H groups in total. The highest BCUT2D eigenvalue weighted by atomic mass is 16.1. The first-order chi connectivity index (χ1) is 10.8. The smallest absolute Gasteiger partial charge is 0.252 e. The summed E-state index contributed by atoms with van der Waals surface area (Å²) in [6, 6.07) is 13.3. The van der Waals surface area contributed by atoms with Gasteiger partial charge in [0, 0.05) is 29.9 Å². The van der Waals surface area contributed by atoms with Crippen LogP contribution in [0.15, 0.2) is 54.9 Å². The van der Waals surface area contributed by atoms with E-state index in [1.807, 2.05) is 49.4 Å². The second kappa shape index (κ2) is 6.35. The van der Waals surface area contributed by atoms with Gasteiger partial charge in [0.1, 0.15) is 0 Å². The predicted octanol–water partition coefficient (Wildman–Crippen LogP) is 3.44. The predicted molar refractivity (Wildman–Crippen MR) is 87.6 cm³/mol. The van der Waals surface area contributed by atoms with Crippen molar-refractivity contribution in [3.05, 3.63) is 60.4 Å². The third-order valence-corrected chi connectivity index (χ3v) is 3.45. The molecule has 0 spiro atoms. The number of rotatable bonds is 4. The second-order valence-corrected chi connectivity index (χ2v) is 5.07. The van der Waals surface area contributed by atoms with Crippen LogP contribution in [0.2, 0.25) is 0 Å². The Morgan fingerprint density at radius 2 is 2.05 bits per heavy atom. The number of benzene rings is 1. The van der Waals surface area contributed by atoms with Crippen LogP contribution >= 0.6 is 0 Å². The Labute approximate surface area is 129 Å². The van der Waals surface area contributed by atoms with Crippen LogP contribution in [0.25, 0.3) is 22.2 Å². The van der Waals surface area contributed by atoms with Crippen molar-refractivity contribution in [3.63, 3.8) is 0 Å². The largest absolute Gasteiger partial charge is 0.352 e. The lowest BCUT2D eigenvalue weighted by Gasteiger charge is -2.10. The van der Waals surface area contributed by atoms with Crippen LogP contribution in [0.3, 0.4) is 0 Å². The summed E-state index contributed by atoms with van der Waals surface area (Å²) < 4.78 is 0. The van der Waals surface area contributed by atoms with Crippen LogP contribution in [0.5, 0.6) is 0 Å². The Morgan fingerprint density at radius 1 is 1.18 bits per heavy atom. The number of nitrogens with one attached hydrogen (secondary N) is 1. The molecule has 0 unspecified atom stereocenters. The van der Waals surface area contributed by atoms with Crippen LogP contribution in [0.1, 0.15) is 23.7 Å². The van der Waals surface area contributed by atoms with E-state index in [1.165, 1.54) is 0 Å². The van der Waals surface area contributed by atoms with E-state index in [4.69, 9.17) is 0 Å². The van der Waals surface area contributed by atoms with E-state index in [0.717, 1.165) is 28.6 Å². The summed E-state index contributed by atoms with van der Waals surface area (Å²) in [5.41, 5.74) is 3.12. The lowest BCUT2D eigenvalue weighted by molar-refractivity contribution is 0.0955. The van der Waals surface area contributed by atoms with Gasteiger partial charge in [-0.1, -0.05) is 25.1 Å². The fraction of sp³-hybridized carbons (Fsp3) is 0.167. The van der Waals surface area contributed by atoms with E-state index in [1.54, 1.807) is 12.4 Å². The molecule has 0 saturated carbocycles. The van der Waals surface area contributed by atoms with E-state index >= 15 is 0 Å². The van der Waals surface area contributed by atoms with Gasteiger partial charge in [0.25, 0.3) is 5.91 Å². The van der Waals surface area contributed by atoms with Gasteiger partial charge in [-0.2, -0.15) is 0 Å². The number of carbonyl (C=O) groups excluding carboxylic acids is 1. The molecule has 0 aliphatic carbocycles. The molecule has 3 rings (SSSR count). The summed E-state index contributed by atoms with van der Waals surface area (Å²) in [7, 11) is 0. The van der Waals surface area contributed by atoms with Gasteiger partial charge in [0.2, 0.25) is 0 Å². The van der Waals surface area contributed by atoms with E-state index < -0.39 is 0 Å². The number of carbonyl (C=O) groups is 1. The number of para-hydroxylation sites is 1. The minimum absolute atomic E-state index is 0.0643. The maximum absolute atomic E-state index is 12.4. The van der Waals surface area contributed by atoms with Gasteiger partial charge < -0.3 is 5.32 Å². The zero-order chi connectivity index (χ0) is 15.4. The summed E-state index contributed by atoms with van der Waals surface area (Å²) in [5, 5.41) is 3.80. The first-order valence-electron chi connectivity index (χ1n) is 7.38. The van der Waals surface area contributed by atoms with Gasteiger partial charge >= 0.3 is 0 Å². The van der Waals surface area contributed by atoms with Gasteiger partial charge in [0.15, 0.2) is 0 Å². The number of hydrogen-bond acceptors (Lipinski definition) is 3. The highest BCUT2D eigenvalue weighted by Gasteiger charge is 2.13. The van der Waals surface area contributed by atoms with Crippen molar-refractivity contribution in [1.29, 1.82) is 0 Å². The van der Waals surface area contributed by atoms with Gasteiger partial charge in [0.05, 0.1) is 16.8 Å². The summed E-state index contributed by atoms with van der Waals surface area (Å²) in [4.78, 5) is 21.2. The molecule has 0 aliphatic heterocycles. The molecule has 0 aliphatic rings. The van der Waals surface area contributed by atoms with E-state index in [0.29, 0.717) is 12.1 Å². The third kappa shape index (κ3) is 2.81. The Bertz CT molecular complexity index is 800. The van der Waals surface area contributed by atoms with E-state index in [9.17, 15) is 4.79 Å². The number of nitrogens with zero attached hydrogens (tertiary/aromatic N) is 2. The second-order valence-electron chi connectivity index (χ2n) is 5.07. The molecule has 0 atom stereocenters. The number of aromatic nitrogens is 2. The van der Waals surface area contributed by atoms with Crippen molar-refractivity contribution in [2.75, 3.05) is 6.54 Å². The third-order valence-electron chi connectivity index (χ3n) is 3.45. The summed E-state index contributed by atoms with van der Waals surface area (Å²) in [6.07, 6.45) is 4.38. The highest BCUT2D eigenvalue weighted by Crippen LogP contribution is 2.24. The van der Waals surface area contributed by atoms with Crippen LogP contribution < -0.4 is 5.32 Å². The quantitative estimate of drug-likeness (QED) is 0.801. The zero-order valence-corrected chi connectivity index (χ0v) is 12.4. The van der Waals surface area contributed by atoms with Crippen LogP contribution in [-0.4, -0.2) is 22.4 Å². The Hall–Kier alpha value is -2.75. The molecule has 0 saturated heterocycles. The minimum atomic E-state index is -0.0643. The molecular formula is C18H17N3O. The first kappa shape index (κ1) is 14.2. The number of amides is 1. The van der Waals surface area contributed by atoms with Crippen LogP contribution in [-0.2, 0) is 0 Å². The van der Waals surface area contributed by atoms with Crippen LogP contribution in [0.4, 0.5) is 0 Å². The molecule has 1 aromatic carbocycles. The van der Waals surface area contributed by atoms with Crippen molar-refractivity contribution in [3.8, 4) is 11.3 Å². The van der Waals surface area contributed by atoms with Crippen LogP contribution in [0, 0.1) is 0 Å². The molecule has 110 valence electrons. The molecule has 3 aromatic rings. The summed E-state index contributed by atoms with van der Waals surface area (Å²) >= 11 is 0. The van der Waals surface area contributed by atoms with Crippen molar-refractivity contribution in [2.45, 2.75) is 13.3 Å². The van der Waals surface area contributed by atoms with Crippen molar-refractivity contribution < 1.29 is 4.79 Å². The number of fused-ring (bicyclic) bond motifs is 1. The maximum atomic E-state index is 12.4. The van der Waals surface area contributed by atoms with Gasteiger partial charge in [-0.05, 0) is 30.7 Å². The molecule has 4 nitrogen and oxygen atoms in total. The molecule has 0 bridgehead atoms. The van der Waals surface area contributed by atoms with E-state index in [2.05, 4.69) is 15.3 Å². The average molecular weight is 291 g/mol. The fourth-order valence-electron chi connectivity index (χ4n) is 2.36. The first-order valence-corrected chi connectivity index (χ1v) is 7.38. The Balaban J connectivity index is 2.14. The zero-order valence-electron chi connectivity index (χ0n) is 12.4. The maximum Gasteiger partial charge on any atom is 0.252 e. The topological polar surface area (TPSA) is 54.9 Å². The summed E-state index contributed by atoms with van der Waals surface area (Å²) in [6.45, 7) is 2.70. The lowest BCUT2D eigenvalue weighted by atomic mass is 10.0. The number of hydrogen-bond donors (Lipinski definition) is 1. The molecule has 2 aromatic heterocycles. The van der Waals surface area contributed by atoms with Crippen molar-refractivity contribution in [1.82, 2.24) is 15.3 Å². The lowest BCUT2D eigenvalue weighted by Crippen LogP contribution is -2.24. The molecular weight excluding hydrogens is 274 g/mol. The molecule has 1 amide bonds. The molecule has 4 heteroatoms. The minimum Gasteiger partial charge on any atom is -0.352 e. The monoisotopic (exact) mass is 291 g/mol. The summed E-state index contributed by atoms with van der Waals surface area (Å²) in [5.74, 6) is -0.0643.